The van der Waals surface area contributed by atoms with E-state index in [1.807, 2.05) is 20.8 Å². The van der Waals surface area contributed by atoms with Gasteiger partial charge in [-0.2, -0.15) is 5.10 Å². The number of H-pyrrole nitrogens is 1. The number of hydrogen-bond acceptors (Lipinski definition) is 4. The van der Waals surface area contributed by atoms with Crippen LogP contribution in [0, 0.1) is 5.92 Å². The van der Waals surface area contributed by atoms with Crippen LogP contribution >= 0.6 is 11.8 Å². The third-order valence-electron chi connectivity index (χ3n) is 2.14. The van der Waals surface area contributed by atoms with Crippen LogP contribution in [-0.2, 0) is 0 Å². The van der Waals surface area contributed by atoms with Crippen molar-refractivity contribution in [3.63, 3.8) is 0 Å². The molecule has 0 radical (unpaired) electrons. The van der Waals surface area contributed by atoms with E-state index in [1.165, 1.54) is 18.1 Å². The van der Waals surface area contributed by atoms with E-state index < -0.39 is 5.60 Å². The zero-order valence-corrected chi connectivity index (χ0v) is 8.93. The van der Waals surface area contributed by atoms with Gasteiger partial charge in [-0.15, -0.1) is 0 Å². The fraction of sp³-hybridized carbons (Fsp3) is 0.750. The summed E-state index contributed by atoms with van der Waals surface area (Å²) in [6.07, 6.45) is 1.46. The highest BCUT2D eigenvalue weighted by Gasteiger charge is 2.25. The summed E-state index contributed by atoms with van der Waals surface area (Å²) < 4.78 is 0. The van der Waals surface area contributed by atoms with Gasteiger partial charge in [0.25, 0.3) is 0 Å². The van der Waals surface area contributed by atoms with Crippen LogP contribution in [0.15, 0.2) is 11.5 Å². The second kappa shape index (κ2) is 4.11. The zero-order chi connectivity index (χ0) is 9.90. The zero-order valence-electron chi connectivity index (χ0n) is 8.11. The summed E-state index contributed by atoms with van der Waals surface area (Å²) >= 11 is 1.48. The van der Waals surface area contributed by atoms with Crippen LogP contribution in [0.25, 0.3) is 0 Å². The predicted molar refractivity (Wildman–Crippen MR) is 52.6 cm³/mol. The average Bonchev–Trinajstić information content (AvgIpc) is 2.52. The van der Waals surface area contributed by atoms with Crippen molar-refractivity contribution >= 4 is 11.8 Å². The Balaban J connectivity index is 2.42. The summed E-state index contributed by atoms with van der Waals surface area (Å²) in [6, 6.07) is 0. The fourth-order valence-electron chi connectivity index (χ4n) is 0.645. The molecule has 13 heavy (non-hydrogen) atoms. The first-order valence-electron chi connectivity index (χ1n) is 4.23. The highest BCUT2D eigenvalue weighted by atomic mass is 32.2. The lowest BCUT2D eigenvalue weighted by molar-refractivity contribution is 0.0376. The van der Waals surface area contributed by atoms with Crippen LogP contribution in [0.4, 0.5) is 0 Å². The van der Waals surface area contributed by atoms with E-state index >= 15 is 0 Å². The van der Waals surface area contributed by atoms with Crippen molar-refractivity contribution in [2.45, 2.75) is 31.5 Å². The summed E-state index contributed by atoms with van der Waals surface area (Å²) in [6.45, 7) is 5.84. The lowest BCUT2D eigenvalue weighted by Gasteiger charge is -2.26. The molecule has 1 unspecified atom stereocenters. The predicted octanol–water partition coefficient (Wildman–Crippen LogP) is 1.30. The van der Waals surface area contributed by atoms with Gasteiger partial charge >= 0.3 is 0 Å². The first-order valence-corrected chi connectivity index (χ1v) is 5.21. The van der Waals surface area contributed by atoms with Crippen LogP contribution in [-0.4, -0.2) is 31.6 Å². The Kier molecular flexibility index (Phi) is 3.33. The summed E-state index contributed by atoms with van der Waals surface area (Å²) in [5.74, 6) is 0.864. The van der Waals surface area contributed by atoms with E-state index in [4.69, 9.17) is 0 Å². The topological polar surface area (TPSA) is 61.8 Å². The number of nitrogens with zero attached hydrogens (tertiary/aromatic N) is 2. The minimum atomic E-state index is -0.655. The Bertz CT molecular complexity index is 246. The molecule has 1 atom stereocenters. The molecule has 0 aromatic carbocycles. The minimum Gasteiger partial charge on any atom is -0.389 e. The molecule has 2 N–H and O–H groups in total. The van der Waals surface area contributed by atoms with Crippen LogP contribution in [0.3, 0.4) is 0 Å². The third kappa shape index (κ3) is 3.00. The van der Waals surface area contributed by atoms with Gasteiger partial charge in [-0.25, -0.2) is 4.98 Å². The van der Waals surface area contributed by atoms with Crippen LogP contribution < -0.4 is 0 Å². The third-order valence-corrected chi connectivity index (χ3v) is 3.34. The quantitative estimate of drug-likeness (QED) is 0.721. The van der Waals surface area contributed by atoms with E-state index in [0.717, 1.165) is 5.16 Å². The first-order chi connectivity index (χ1) is 6.02. The van der Waals surface area contributed by atoms with Gasteiger partial charge in [0.05, 0.1) is 5.60 Å². The molecule has 0 aliphatic rings. The van der Waals surface area contributed by atoms with Gasteiger partial charge in [-0.05, 0) is 12.8 Å². The smallest absolute Gasteiger partial charge is 0.183 e. The Labute approximate surface area is 82.2 Å². The SMILES string of the molecule is CC(C)C(C)(O)CSc1ncn[nH]1. The lowest BCUT2D eigenvalue weighted by Crippen LogP contribution is -2.33. The molecule has 0 spiro atoms. The van der Waals surface area contributed by atoms with Crippen molar-refractivity contribution in [3.8, 4) is 0 Å². The Morgan fingerprint density at radius 1 is 1.69 bits per heavy atom. The monoisotopic (exact) mass is 201 g/mol. The molecule has 0 aliphatic carbocycles. The number of nitrogens with one attached hydrogen (secondary N) is 1. The van der Waals surface area contributed by atoms with Crippen molar-refractivity contribution in [1.82, 2.24) is 15.2 Å². The number of aromatic amines is 1. The Hall–Kier alpha value is -0.550. The van der Waals surface area contributed by atoms with E-state index in [0.29, 0.717) is 5.75 Å². The molecule has 0 bridgehead atoms. The van der Waals surface area contributed by atoms with E-state index in [2.05, 4.69) is 15.2 Å². The van der Waals surface area contributed by atoms with Crippen molar-refractivity contribution in [2.24, 2.45) is 5.92 Å². The minimum absolute atomic E-state index is 0.239. The molecule has 0 fully saturated rings. The second-order valence-electron chi connectivity index (χ2n) is 3.59. The Morgan fingerprint density at radius 3 is 2.85 bits per heavy atom. The summed E-state index contributed by atoms with van der Waals surface area (Å²) in [4.78, 5) is 3.96. The largest absolute Gasteiger partial charge is 0.389 e. The van der Waals surface area contributed by atoms with Crippen molar-refractivity contribution in [1.29, 1.82) is 0 Å². The maximum absolute atomic E-state index is 9.91. The van der Waals surface area contributed by atoms with E-state index in [-0.39, 0.29) is 5.92 Å². The molecule has 0 amide bonds. The number of aliphatic hydroxyl groups is 1. The molecular formula is C8H15N3OS. The normalized spacial score (nSPS) is 16.1. The standard InChI is InChI=1S/C8H15N3OS/c1-6(2)8(3,12)4-13-7-9-5-10-11-7/h5-6,12H,4H2,1-3H3,(H,9,10,11). The highest BCUT2D eigenvalue weighted by molar-refractivity contribution is 7.99. The van der Waals surface area contributed by atoms with E-state index in [1.54, 1.807) is 0 Å². The van der Waals surface area contributed by atoms with Gasteiger partial charge in [0, 0.05) is 5.75 Å². The van der Waals surface area contributed by atoms with Gasteiger partial charge in [-0.3, -0.25) is 5.10 Å². The number of thioether (sulfide) groups is 1. The molecule has 4 nitrogen and oxygen atoms in total. The maximum Gasteiger partial charge on any atom is 0.183 e. The van der Waals surface area contributed by atoms with Crippen LogP contribution in [0.5, 0.6) is 0 Å². The van der Waals surface area contributed by atoms with Crippen molar-refractivity contribution in [2.75, 3.05) is 5.75 Å². The van der Waals surface area contributed by atoms with E-state index in [9.17, 15) is 5.11 Å². The van der Waals surface area contributed by atoms with Crippen LogP contribution in [0.2, 0.25) is 0 Å². The van der Waals surface area contributed by atoms with Crippen LogP contribution in [0.1, 0.15) is 20.8 Å². The highest BCUT2D eigenvalue weighted by Crippen LogP contribution is 2.24. The molecule has 1 aromatic heterocycles. The molecule has 1 rings (SSSR count). The van der Waals surface area contributed by atoms with Crippen molar-refractivity contribution < 1.29 is 5.11 Å². The molecule has 1 heterocycles. The molecule has 74 valence electrons. The Morgan fingerprint density at radius 2 is 2.38 bits per heavy atom. The van der Waals surface area contributed by atoms with Crippen molar-refractivity contribution in [3.05, 3.63) is 6.33 Å². The van der Waals surface area contributed by atoms with Gasteiger partial charge in [-0.1, -0.05) is 25.6 Å². The number of hydrogen-bond donors (Lipinski definition) is 2. The van der Waals surface area contributed by atoms with Gasteiger partial charge in [0.1, 0.15) is 6.33 Å². The first kappa shape index (κ1) is 10.5. The second-order valence-corrected chi connectivity index (χ2v) is 4.56. The number of aromatic nitrogens is 3. The molecule has 0 saturated carbocycles. The van der Waals surface area contributed by atoms with Gasteiger partial charge in [0.15, 0.2) is 5.16 Å². The molecule has 0 aliphatic heterocycles. The fourth-order valence-corrected chi connectivity index (χ4v) is 1.65. The van der Waals surface area contributed by atoms with Gasteiger partial charge in [0.2, 0.25) is 0 Å². The lowest BCUT2D eigenvalue weighted by atomic mass is 9.95. The summed E-state index contributed by atoms with van der Waals surface area (Å²) in [7, 11) is 0. The molecule has 5 heteroatoms. The summed E-state index contributed by atoms with van der Waals surface area (Å²) in [5.41, 5.74) is -0.655. The number of rotatable bonds is 4. The van der Waals surface area contributed by atoms with Gasteiger partial charge < -0.3 is 5.11 Å². The molecule has 1 aromatic rings. The molecular weight excluding hydrogens is 186 g/mol. The molecule has 0 saturated heterocycles. The maximum atomic E-state index is 9.91. The average molecular weight is 201 g/mol. The summed E-state index contributed by atoms with van der Waals surface area (Å²) in [5, 5.41) is 17.1.